The summed E-state index contributed by atoms with van der Waals surface area (Å²) in [6.45, 7) is 2.48. The molecule has 2 aromatic carbocycles. The molecule has 1 fully saturated rings. The molecular formula is C21H22ClFN2O3. The van der Waals surface area contributed by atoms with E-state index in [1.54, 1.807) is 43.5 Å². The van der Waals surface area contributed by atoms with Gasteiger partial charge in [0.05, 0.1) is 12.6 Å². The maximum absolute atomic E-state index is 13.1. The Morgan fingerprint density at radius 2 is 1.86 bits per heavy atom. The van der Waals surface area contributed by atoms with E-state index in [1.165, 1.54) is 12.1 Å². The molecule has 5 nitrogen and oxygen atoms in total. The first-order valence-corrected chi connectivity index (χ1v) is 9.34. The van der Waals surface area contributed by atoms with E-state index in [2.05, 4.69) is 5.94 Å². The van der Waals surface area contributed by atoms with Crippen LogP contribution in [0, 0.1) is 5.82 Å². The van der Waals surface area contributed by atoms with E-state index >= 15 is 0 Å². The molecule has 0 amide bonds. The maximum Gasteiger partial charge on any atom is 0.147 e. The van der Waals surface area contributed by atoms with Crippen LogP contribution in [0.1, 0.15) is 5.56 Å². The maximum atomic E-state index is 13.1. The normalized spacial score (nSPS) is 17.5. The van der Waals surface area contributed by atoms with Crippen molar-refractivity contribution in [3.63, 3.8) is 0 Å². The topological polar surface area (TPSA) is 42.0 Å². The molecule has 1 saturated heterocycles. The Balaban J connectivity index is 1.69. The molecule has 1 aliphatic heterocycles. The monoisotopic (exact) mass is 404 g/mol. The molecule has 0 aliphatic carbocycles. The van der Waals surface area contributed by atoms with Crippen LogP contribution in [0.25, 0.3) is 0 Å². The molecule has 2 aromatic rings. The van der Waals surface area contributed by atoms with Crippen molar-refractivity contribution in [2.24, 2.45) is 0 Å². The van der Waals surface area contributed by atoms with E-state index in [4.69, 9.17) is 21.1 Å². The number of piperazine rings is 1. The van der Waals surface area contributed by atoms with Crippen molar-refractivity contribution >= 4 is 17.5 Å². The second-order valence-corrected chi connectivity index (χ2v) is 6.98. The molecule has 0 bridgehead atoms. The molecule has 148 valence electrons. The van der Waals surface area contributed by atoms with E-state index < -0.39 is 0 Å². The Labute approximate surface area is 168 Å². The third-order valence-corrected chi connectivity index (χ3v) is 4.93. The van der Waals surface area contributed by atoms with E-state index in [-0.39, 0.29) is 11.9 Å². The Hall–Kier alpha value is -2.37. The molecule has 1 atom stereocenters. The number of benzene rings is 2. The summed E-state index contributed by atoms with van der Waals surface area (Å²) in [4.78, 5) is 15.8. The number of nitrogens with zero attached hydrogens (tertiary/aromatic N) is 2. The van der Waals surface area contributed by atoms with Crippen LogP contribution >= 0.6 is 11.6 Å². The highest BCUT2D eigenvalue weighted by Gasteiger charge is 2.33. The van der Waals surface area contributed by atoms with Crippen molar-refractivity contribution in [1.82, 2.24) is 9.80 Å². The molecule has 0 saturated carbocycles. The summed E-state index contributed by atoms with van der Waals surface area (Å²) >= 11 is 5.90. The quantitative estimate of drug-likeness (QED) is 0.662. The van der Waals surface area contributed by atoms with Crippen LogP contribution in [0.3, 0.4) is 0 Å². The second kappa shape index (κ2) is 9.71. The lowest BCUT2D eigenvalue weighted by atomic mass is 10.1. The minimum absolute atomic E-state index is 0.274. The third-order valence-electron chi connectivity index (χ3n) is 4.68. The van der Waals surface area contributed by atoms with Gasteiger partial charge in [0.15, 0.2) is 0 Å². The van der Waals surface area contributed by atoms with Crippen LogP contribution in [0.15, 0.2) is 54.2 Å². The van der Waals surface area contributed by atoms with E-state index in [1.807, 2.05) is 9.80 Å². The molecule has 0 spiro atoms. The first-order chi connectivity index (χ1) is 13.6. The van der Waals surface area contributed by atoms with Gasteiger partial charge in [0, 0.05) is 31.8 Å². The first-order valence-electron chi connectivity index (χ1n) is 8.96. The molecule has 0 aromatic heterocycles. The smallest absolute Gasteiger partial charge is 0.147 e. The molecule has 28 heavy (non-hydrogen) atoms. The SMILES string of the molecule is COCC1C(=C=O)N(Cc2ccc(F)cc2)CCN1COc1ccc(Cl)cc1. The summed E-state index contributed by atoms with van der Waals surface area (Å²) in [5, 5.41) is 0.644. The minimum Gasteiger partial charge on any atom is -0.478 e. The Bertz CT molecular complexity index is 823. The van der Waals surface area contributed by atoms with Gasteiger partial charge in [-0.3, -0.25) is 4.90 Å². The van der Waals surface area contributed by atoms with Gasteiger partial charge in [-0.1, -0.05) is 23.7 Å². The van der Waals surface area contributed by atoms with Crippen molar-refractivity contribution in [2.75, 3.05) is 33.5 Å². The molecule has 1 aliphatic rings. The fourth-order valence-electron chi connectivity index (χ4n) is 3.20. The molecule has 0 radical (unpaired) electrons. The lowest BCUT2D eigenvalue weighted by molar-refractivity contribution is 0.0129. The predicted octanol–water partition coefficient (Wildman–Crippen LogP) is 3.36. The van der Waals surface area contributed by atoms with E-state index in [0.717, 1.165) is 5.56 Å². The summed E-state index contributed by atoms with van der Waals surface area (Å²) in [6, 6.07) is 13.1. The van der Waals surface area contributed by atoms with Crippen molar-refractivity contribution in [1.29, 1.82) is 0 Å². The van der Waals surface area contributed by atoms with Crippen LogP contribution in [0.5, 0.6) is 5.75 Å². The van der Waals surface area contributed by atoms with E-state index in [0.29, 0.717) is 49.4 Å². The fraction of sp³-hybridized carbons (Fsp3) is 0.333. The highest BCUT2D eigenvalue weighted by atomic mass is 35.5. The fourth-order valence-corrected chi connectivity index (χ4v) is 3.33. The number of hydrogen-bond donors (Lipinski definition) is 0. The van der Waals surface area contributed by atoms with Gasteiger partial charge in [0.1, 0.15) is 29.9 Å². The van der Waals surface area contributed by atoms with Crippen LogP contribution in [-0.4, -0.2) is 55.3 Å². The number of carbonyl (C=O) groups excluding carboxylic acids is 1. The van der Waals surface area contributed by atoms with Crippen molar-refractivity contribution in [3.8, 4) is 5.75 Å². The van der Waals surface area contributed by atoms with Gasteiger partial charge < -0.3 is 14.4 Å². The highest BCUT2D eigenvalue weighted by molar-refractivity contribution is 6.30. The van der Waals surface area contributed by atoms with Gasteiger partial charge in [-0.2, -0.15) is 0 Å². The number of hydrogen-bond acceptors (Lipinski definition) is 5. The lowest BCUT2D eigenvalue weighted by Gasteiger charge is -2.42. The van der Waals surface area contributed by atoms with Crippen LogP contribution in [0.2, 0.25) is 5.02 Å². The zero-order valence-electron chi connectivity index (χ0n) is 15.6. The summed E-state index contributed by atoms with van der Waals surface area (Å²) in [5.74, 6) is 2.50. The third kappa shape index (κ3) is 5.12. The summed E-state index contributed by atoms with van der Waals surface area (Å²) in [7, 11) is 1.60. The number of rotatable bonds is 7. The summed E-state index contributed by atoms with van der Waals surface area (Å²) in [6.07, 6.45) is 0. The average molecular weight is 405 g/mol. The number of halogens is 2. The zero-order chi connectivity index (χ0) is 19.9. The number of methoxy groups -OCH3 is 1. The van der Waals surface area contributed by atoms with Gasteiger partial charge in [0.2, 0.25) is 0 Å². The Morgan fingerprint density at radius 1 is 1.14 bits per heavy atom. The zero-order valence-corrected chi connectivity index (χ0v) is 16.4. The highest BCUT2D eigenvalue weighted by Crippen LogP contribution is 2.23. The molecule has 1 unspecified atom stereocenters. The standard InChI is InChI=1S/C21H22ClFN2O3/c1-27-14-21-20(13-26)24(12-16-2-6-18(23)7-3-16)10-11-25(21)15-28-19-8-4-17(22)5-9-19/h2-9,21H,10-12,14-15H2,1H3. The van der Waals surface area contributed by atoms with Crippen molar-refractivity contribution in [3.05, 3.63) is 70.6 Å². The van der Waals surface area contributed by atoms with Crippen LogP contribution in [0.4, 0.5) is 4.39 Å². The average Bonchev–Trinajstić information content (AvgIpc) is 2.70. The number of ether oxygens (including phenoxy) is 2. The molecule has 0 N–H and O–H groups in total. The molecule has 1 heterocycles. The first kappa shape index (κ1) is 20.4. The van der Waals surface area contributed by atoms with Crippen LogP contribution < -0.4 is 4.74 Å². The lowest BCUT2D eigenvalue weighted by Crippen LogP contribution is -2.54. The largest absolute Gasteiger partial charge is 0.478 e. The van der Waals surface area contributed by atoms with E-state index in [9.17, 15) is 9.18 Å². The van der Waals surface area contributed by atoms with Crippen molar-refractivity contribution < 1.29 is 18.7 Å². The minimum atomic E-state index is -0.281. The predicted molar refractivity (Wildman–Crippen MR) is 105 cm³/mol. The molecular weight excluding hydrogens is 383 g/mol. The van der Waals surface area contributed by atoms with Gasteiger partial charge in [0.25, 0.3) is 0 Å². The second-order valence-electron chi connectivity index (χ2n) is 6.55. The summed E-state index contributed by atoms with van der Waals surface area (Å²) in [5.41, 5.74) is 1.44. The van der Waals surface area contributed by atoms with Gasteiger partial charge >= 0.3 is 0 Å². The Morgan fingerprint density at radius 3 is 2.50 bits per heavy atom. The van der Waals surface area contributed by atoms with Gasteiger partial charge in [-0.05, 0) is 42.0 Å². The van der Waals surface area contributed by atoms with Crippen LogP contribution in [-0.2, 0) is 16.1 Å². The molecule has 7 heteroatoms. The summed E-state index contributed by atoms with van der Waals surface area (Å²) < 4.78 is 24.3. The molecule has 3 rings (SSSR count). The van der Waals surface area contributed by atoms with Crippen molar-refractivity contribution in [2.45, 2.75) is 12.6 Å². The van der Waals surface area contributed by atoms with Gasteiger partial charge in [-0.25, -0.2) is 9.18 Å². The Kier molecular flexibility index (Phi) is 7.06. The van der Waals surface area contributed by atoms with Gasteiger partial charge in [-0.15, -0.1) is 0 Å².